The molecule has 2 rings (SSSR count). The van der Waals surface area contributed by atoms with Crippen molar-refractivity contribution in [2.75, 3.05) is 13.1 Å². The number of nitrogens with zero attached hydrogens (tertiary/aromatic N) is 1. The van der Waals surface area contributed by atoms with Crippen LogP contribution in [-0.2, 0) is 4.79 Å². The number of hydrogen-bond donors (Lipinski definition) is 1. The molecule has 3 heteroatoms. The first-order chi connectivity index (χ1) is 13.2. The molecular weight excluding hydrogens is 334 g/mol. The normalized spacial score (nSPS) is 12.6. The molecule has 27 heavy (non-hydrogen) atoms. The third-order valence-electron chi connectivity index (χ3n) is 5.32. The first-order valence-electron chi connectivity index (χ1n) is 10.6. The monoisotopic (exact) mass is 369 g/mol. The molecule has 2 aliphatic carbocycles. The molecule has 0 aromatic rings. The minimum absolute atomic E-state index is 0.562. The Labute approximate surface area is 164 Å². The van der Waals surface area contributed by atoms with Gasteiger partial charge in [0.2, 0.25) is 0 Å². The van der Waals surface area contributed by atoms with E-state index in [-0.39, 0.29) is 0 Å². The van der Waals surface area contributed by atoms with Crippen molar-refractivity contribution in [2.24, 2.45) is 0 Å². The van der Waals surface area contributed by atoms with Gasteiger partial charge in [-0.05, 0) is 42.6 Å². The van der Waals surface area contributed by atoms with E-state index in [1.165, 1.54) is 38.5 Å². The third-order valence-corrected chi connectivity index (χ3v) is 5.32. The van der Waals surface area contributed by atoms with Crippen molar-refractivity contribution in [1.82, 2.24) is 4.90 Å². The second kappa shape index (κ2) is 11.8. The van der Waals surface area contributed by atoms with E-state index >= 15 is 0 Å². The topological polar surface area (TPSA) is 40.5 Å². The molecular formula is C24H35NO2. The van der Waals surface area contributed by atoms with Gasteiger partial charge >= 0.3 is 5.97 Å². The molecule has 0 bridgehead atoms. The van der Waals surface area contributed by atoms with Crippen LogP contribution in [0, 0.1) is 0 Å². The highest BCUT2D eigenvalue weighted by atomic mass is 16.4. The number of aliphatic carboxylic acids is 1. The van der Waals surface area contributed by atoms with Gasteiger partial charge in [0.05, 0.1) is 0 Å². The summed E-state index contributed by atoms with van der Waals surface area (Å²) in [4.78, 5) is 14.5. The summed E-state index contributed by atoms with van der Waals surface area (Å²) in [5, 5.41) is 10.1. The zero-order valence-corrected chi connectivity index (χ0v) is 17.0. The number of hydrogen-bond acceptors (Lipinski definition) is 2. The molecule has 0 fully saturated rings. The van der Waals surface area contributed by atoms with Crippen LogP contribution in [0.3, 0.4) is 0 Å². The standard InChI is InChI=1S/C24H35NO2/c1-3-5-7-12-18-25(19-13-8-6-4-2)23(24(26)27)22-17-16-20-14-10-9-11-15-21(20)22/h9-11,14-17,23H,3-8,12-13,18-19H2,1-2H3,(H,26,27). The Morgan fingerprint density at radius 1 is 0.852 bits per heavy atom. The molecule has 0 aromatic heterocycles. The summed E-state index contributed by atoms with van der Waals surface area (Å²) in [5.74, 6) is -0.736. The zero-order chi connectivity index (χ0) is 19.5. The Morgan fingerprint density at radius 2 is 1.48 bits per heavy atom. The van der Waals surface area contributed by atoms with Gasteiger partial charge in [0.25, 0.3) is 0 Å². The maximum absolute atomic E-state index is 12.3. The average molecular weight is 370 g/mol. The third kappa shape index (κ3) is 6.35. The average Bonchev–Trinajstić information content (AvgIpc) is 2.89. The van der Waals surface area contributed by atoms with Gasteiger partial charge in [-0.25, -0.2) is 0 Å². The lowest BCUT2D eigenvalue weighted by Gasteiger charge is -2.29. The fraction of sp³-hybridized carbons (Fsp3) is 0.542. The molecule has 0 amide bonds. The highest BCUT2D eigenvalue weighted by Crippen LogP contribution is 2.34. The van der Waals surface area contributed by atoms with Crippen LogP contribution in [0.2, 0.25) is 0 Å². The van der Waals surface area contributed by atoms with E-state index < -0.39 is 12.0 Å². The molecule has 0 aliphatic heterocycles. The molecule has 0 heterocycles. The molecule has 2 aliphatic rings. The number of carbonyl (C=O) groups is 1. The summed E-state index contributed by atoms with van der Waals surface area (Å²) in [6, 6.07) is 13.6. The SMILES string of the molecule is CCCCCCN(CCCCCC)C(C(=O)O)c1ccc2cccccc1-2. The van der Waals surface area contributed by atoms with E-state index in [0.717, 1.165) is 42.6 Å². The summed E-state index contributed by atoms with van der Waals surface area (Å²) in [6.07, 6.45) is 9.31. The quantitative estimate of drug-likeness (QED) is 0.416. The van der Waals surface area contributed by atoms with Crippen LogP contribution in [0.25, 0.3) is 11.1 Å². The number of fused-ring (bicyclic) bond motifs is 1. The zero-order valence-electron chi connectivity index (χ0n) is 17.0. The van der Waals surface area contributed by atoms with Crippen LogP contribution in [0.5, 0.6) is 0 Å². The van der Waals surface area contributed by atoms with Crippen LogP contribution in [0.15, 0.2) is 42.5 Å². The number of rotatable bonds is 13. The highest BCUT2D eigenvalue weighted by molar-refractivity contribution is 5.82. The van der Waals surface area contributed by atoms with Crippen LogP contribution in [0.1, 0.15) is 76.8 Å². The fourth-order valence-corrected chi connectivity index (χ4v) is 3.82. The Hall–Kier alpha value is -1.87. The van der Waals surface area contributed by atoms with E-state index in [2.05, 4.69) is 24.8 Å². The summed E-state index contributed by atoms with van der Waals surface area (Å²) >= 11 is 0. The predicted molar refractivity (Wildman–Crippen MR) is 113 cm³/mol. The summed E-state index contributed by atoms with van der Waals surface area (Å²) < 4.78 is 0. The fourth-order valence-electron chi connectivity index (χ4n) is 3.82. The van der Waals surface area contributed by atoms with Gasteiger partial charge in [-0.3, -0.25) is 9.69 Å². The minimum Gasteiger partial charge on any atom is -0.480 e. The van der Waals surface area contributed by atoms with Crippen LogP contribution in [0.4, 0.5) is 0 Å². The molecule has 0 saturated heterocycles. The largest absolute Gasteiger partial charge is 0.480 e. The minimum atomic E-state index is -0.736. The first kappa shape index (κ1) is 21.4. The lowest BCUT2D eigenvalue weighted by atomic mass is 10.0. The van der Waals surface area contributed by atoms with E-state index in [9.17, 15) is 9.90 Å². The molecule has 0 saturated carbocycles. The predicted octanol–water partition coefficient (Wildman–Crippen LogP) is 6.38. The van der Waals surface area contributed by atoms with E-state index in [1.54, 1.807) is 0 Å². The molecule has 148 valence electrons. The van der Waals surface area contributed by atoms with Gasteiger partial charge in [-0.1, -0.05) is 94.8 Å². The van der Waals surface area contributed by atoms with Gasteiger partial charge in [0.15, 0.2) is 0 Å². The second-order valence-corrected chi connectivity index (χ2v) is 7.47. The van der Waals surface area contributed by atoms with E-state index in [4.69, 9.17) is 0 Å². The van der Waals surface area contributed by atoms with Crippen molar-refractivity contribution in [3.63, 3.8) is 0 Å². The molecule has 0 aromatic carbocycles. The Morgan fingerprint density at radius 3 is 2.07 bits per heavy atom. The van der Waals surface area contributed by atoms with Crippen molar-refractivity contribution in [1.29, 1.82) is 0 Å². The summed E-state index contributed by atoms with van der Waals surface area (Å²) in [5.41, 5.74) is 3.09. The smallest absolute Gasteiger partial charge is 0.325 e. The number of unbranched alkanes of at least 4 members (excludes halogenated alkanes) is 6. The van der Waals surface area contributed by atoms with Gasteiger partial charge < -0.3 is 5.11 Å². The van der Waals surface area contributed by atoms with Crippen molar-refractivity contribution in [3.8, 4) is 11.1 Å². The second-order valence-electron chi connectivity index (χ2n) is 7.47. The van der Waals surface area contributed by atoms with Crippen molar-refractivity contribution in [3.05, 3.63) is 48.0 Å². The Balaban J connectivity index is 2.21. The molecule has 1 atom stereocenters. The van der Waals surface area contributed by atoms with Gasteiger partial charge in [0.1, 0.15) is 6.04 Å². The van der Waals surface area contributed by atoms with Crippen LogP contribution < -0.4 is 0 Å². The molecule has 0 spiro atoms. The highest BCUT2D eigenvalue weighted by Gasteiger charge is 2.30. The van der Waals surface area contributed by atoms with Crippen molar-refractivity contribution < 1.29 is 9.90 Å². The van der Waals surface area contributed by atoms with Gasteiger partial charge in [-0.2, -0.15) is 0 Å². The molecule has 3 nitrogen and oxygen atoms in total. The number of carboxylic acid groups (broad SMARTS) is 1. The van der Waals surface area contributed by atoms with Crippen molar-refractivity contribution in [2.45, 2.75) is 71.3 Å². The Bertz CT molecular complexity index is 643. The summed E-state index contributed by atoms with van der Waals surface area (Å²) in [7, 11) is 0. The molecule has 1 unspecified atom stereocenters. The molecule has 0 radical (unpaired) electrons. The Kier molecular flexibility index (Phi) is 9.34. The maximum Gasteiger partial charge on any atom is 0.325 e. The van der Waals surface area contributed by atoms with Crippen LogP contribution in [-0.4, -0.2) is 29.1 Å². The van der Waals surface area contributed by atoms with Crippen LogP contribution >= 0.6 is 0 Å². The lowest BCUT2D eigenvalue weighted by Crippen LogP contribution is -2.35. The van der Waals surface area contributed by atoms with E-state index in [1.807, 2.05) is 36.4 Å². The number of carboxylic acids is 1. The van der Waals surface area contributed by atoms with Gasteiger partial charge in [0, 0.05) is 0 Å². The molecule has 1 N–H and O–H groups in total. The van der Waals surface area contributed by atoms with Gasteiger partial charge in [-0.15, -0.1) is 0 Å². The first-order valence-corrected chi connectivity index (χ1v) is 10.6. The van der Waals surface area contributed by atoms with Crippen molar-refractivity contribution >= 4 is 5.97 Å². The maximum atomic E-state index is 12.3. The van der Waals surface area contributed by atoms with E-state index in [0.29, 0.717) is 0 Å². The lowest BCUT2D eigenvalue weighted by molar-refractivity contribution is -0.143. The summed E-state index contributed by atoms with van der Waals surface area (Å²) in [6.45, 7) is 6.13.